The number of aromatic amines is 1. The van der Waals surface area contributed by atoms with E-state index in [2.05, 4.69) is 4.98 Å². The number of H-pyrrole nitrogens is 1. The van der Waals surface area contributed by atoms with Crippen molar-refractivity contribution < 1.29 is 4.79 Å². The lowest BCUT2D eigenvalue weighted by molar-refractivity contribution is 0.0982. The predicted octanol–water partition coefficient (Wildman–Crippen LogP) is 4.09. The molecule has 4 aromatic rings. The van der Waals surface area contributed by atoms with Gasteiger partial charge in [-0.15, -0.1) is 0 Å². The van der Waals surface area contributed by atoms with Gasteiger partial charge in [-0.05, 0) is 29.3 Å². The maximum absolute atomic E-state index is 13.5. The van der Waals surface area contributed by atoms with Gasteiger partial charge in [0.05, 0.1) is 13.1 Å². The molecule has 160 valence electrons. The Labute approximate surface area is 189 Å². The Morgan fingerprint density at radius 3 is 2.19 bits per heavy atom. The largest absolute Gasteiger partial charge is 0.328 e. The van der Waals surface area contributed by atoms with Crippen LogP contribution in [0.2, 0.25) is 5.02 Å². The summed E-state index contributed by atoms with van der Waals surface area (Å²) in [6.45, 7) is 0.228. The quantitative estimate of drug-likeness (QED) is 0.485. The number of rotatable bonds is 6. The van der Waals surface area contributed by atoms with Gasteiger partial charge >= 0.3 is 5.69 Å². The molecule has 0 atom stereocenters. The molecule has 0 bridgehead atoms. The van der Waals surface area contributed by atoms with Crippen molar-refractivity contribution in [2.45, 2.75) is 13.1 Å². The zero-order chi connectivity index (χ0) is 22.5. The highest BCUT2D eigenvalue weighted by Crippen LogP contribution is 2.19. The summed E-state index contributed by atoms with van der Waals surface area (Å²) in [5.41, 5.74) is 0.746. The summed E-state index contributed by atoms with van der Waals surface area (Å²) in [4.78, 5) is 43.1. The maximum Gasteiger partial charge on any atom is 0.328 e. The summed E-state index contributed by atoms with van der Waals surface area (Å²) in [6.07, 6.45) is 1.18. The van der Waals surface area contributed by atoms with Crippen molar-refractivity contribution in [1.29, 1.82) is 0 Å². The van der Waals surface area contributed by atoms with Crippen molar-refractivity contribution in [3.05, 3.63) is 134 Å². The fourth-order valence-electron chi connectivity index (χ4n) is 3.40. The van der Waals surface area contributed by atoms with Crippen LogP contribution in [0, 0.1) is 0 Å². The van der Waals surface area contributed by atoms with Crippen molar-refractivity contribution in [3.8, 4) is 0 Å². The Morgan fingerprint density at radius 1 is 0.875 bits per heavy atom. The van der Waals surface area contributed by atoms with Crippen LogP contribution in [-0.4, -0.2) is 15.5 Å². The van der Waals surface area contributed by atoms with Crippen molar-refractivity contribution in [2.75, 3.05) is 4.90 Å². The topological polar surface area (TPSA) is 75.2 Å². The predicted molar refractivity (Wildman–Crippen MR) is 125 cm³/mol. The van der Waals surface area contributed by atoms with Gasteiger partial charge in [-0.3, -0.25) is 14.2 Å². The van der Waals surface area contributed by atoms with Crippen LogP contribution in [0.4, 0.5) is 5.69 Å². The minimum atomic E-state index is -0.673. The molecule has 1 aromatic heterocycles. The van der Waals surface area contributed by atoms with E-state index < -0.39 is 17.2 Å². The normalized spacial score (nSPS) is 10.7. The van der Waals surface area contributed by atoms with Crippen LogP contribution in [-0.2, 0) is 13.1 Å². The first-order chi connectivity index (χ1) is 15.5. The van der Waals surface area contributed by atoms with E-state index in [4.69, 9.17) is 11.6 Å². The van der Waals surface area contributed by atoms with Crippen LogP contribution in [0.1, 0.15) is 21.5 Å². The second kappa shape index (κ2) is 9.49. The molecule has 6 nitrogen and oxygen atoms in total. The summed E-state index contributed by atoms with van der Waals surface area (Å²) in [5, 5.41) is 0.436. The molecule has 3 aromatic carbocycles. The molecule has 0 aliphatic carbocycles. The highest BCUT2D eigenvalue weighted by molar-refractivity contribution is 6.31. The number of nitrogens with one attached hydrogen (secondary N) is 1. The zero-order valence-electron chi connectivity index (χ0n) is 17.1. The lowest BCUT2D eigenvalue weighted by atomic mass is 10.1. The summed E-state index contributed by atoms with van der Waals surface area (Å²) < 4.78 is 0.986. The van der Waals surface area contributed by atoms with E-state index in [0.29, 0.717) is 16.3 Å². The monoisotopic (exact) mass is 445 g/mol. The van der Waals surface area contributed by atoms with Gasteiger partial charge in [0.2, 0.25) is 0 Å². The van der Waals surface area contributed by atoms with E-state index in [-0.39, 0.29) is 18.7 Å². The van der Waals surface area contributed by atoms with Crippen LogP contribution in [0.15, 0.2) is 101 Å². The van der Waals surface area contributed by atoms with Gasteiger partial charge in [-0.25, -0.2) is 4.79 Å². The van der Waals surface area contributed by atoms with Gasteiger partial charge in [0.1, 0.15) is 5.56 Å². The Bertz CT molecular complexity index is 1350. The van der Waals surface area contributed by atoms with Gasteiger partial charge in [0.15, 0.2) is 0 Å². The highest BCUT2D eigenvalue weighted by atomic mass is 35.5. The SMILES string of the molecule is O=C(c1c[nH]c(=O)n(Cc2ccccc2Cl)c1=O)N(Cc1ccccc1)c1ccccc1. The molecule has 4 rings (SSSR count). The van der Waals surface area contributed by atoms with Crippen molar-refractivity contribution in [3.63, 3.8) is 0 Å². The third-order valence-corrected chi connectivity index (χ3v) is 5.44. The number of para-hydroxylation sites is 1. The Balaban J connectivity index is 1.75. The number of nitrogens with zero attached hydrogens (tertiary/aromatic N) is 2. The molecule has 32 heavy (non-hydrogen) atoms. The summed E-state index contributed by atoms with van der Waals surface area (Å²) in [6, 6.07) is 25.5. The Hall–Kier alpha value is -3.90. The van der Waals surface area contributed by atoms with E-state index in [9.17, 15) is 14.4 Å². The molecule has 0 fully saturated rings. The first-order valence-corrected chi connectivity index (χ1v) is 10.4. The van der Waals surface area contributed by atoms with E-state index in [1.165, 1.54) is 11.1 Å². The number of benzene rings is 3. The third-order valence-electron chi connectivity index (χ3n) is 5.07. The Morgan fingerprint density at radius 2 is 1.50 bits per heavy atom. The van der Waals surface area contributed by atoms with Crippen LogP contribution >= 0.6 is 11.6 Å². The average molecular weight is 446 g/mol. The maximum atomic E-state index is 13.5. The molecule has 1 heterocycles. The molecular weight excluding hydrogens is 426 g/mol. The van der Waals surface area contributed by atoms with Crippen molar-refractivity contribution in [2.24, 2.45) is 0 Å². The van der Waals surface area contributed by atoms with Gasteiger partial charge in [0.25, 0.3) is 11.5 Å². The number of hydrogen-bond donors (Lipinski definition) is 1. The number of halogens is 1. The first kappa shape index (κ1) is 21.3. The van der Waals surface area contributed by atoms with Crippen LogP contribution in [0.3, 0.4) is 0 Å². The van der Waals surface area contributed by atoms with Crippen LogP contribution < -0.4 is 16.1 Å². The molecule has 0 aliphatic heterocycles. The van der Waals surface area contributed by atoms with Crippen molar-refractivity contribution >= 4 is 23.2 Å². The summed E-state index contributed by atoms with van der Waals surface area (Å²) in [5.74, 6) is -0.505. The number of hydrogen-bond acceptors (Lipinski definition) is 3. The minimum Gasteiger partial charge on any atom is -0.313 e. The third kappa shape index (κ3) is 4.55. The minimum absolute atomic E-state index is 0.0427. The molecule has 0 unspecified atom stereocenters. The number of aromatic nitrogens is 2. The van der Waals surface area contributed by atoms with E-state index >= 15 is 0 Å². The Kier molecular flexibility index (Phi) is 6.33. The molecule has 0 saturated carbocycles. The molecule has 7 heteroatoms. The number of carbonyl (C=O) groups excluding carboxylic acids is 1. The number of anilines is 1. The molecule has 0 spiro atoms. The molecule has 1 amide bonds. The molecule has 0 radical (unpaired) electrons. The highest BCUT2D eigenvalue weighted by Gasteiger charge is 2.23. The molecule has 1 N–H and O–H groups in total. The number of amides is 1. The van der Waals surface area contributed by atoms with Gasteiger partial charge in [0, 0.05) is 16.9 Å². The number of carbonyl (C=O) groups is 1. The molecular formula is C25H20ClN3O3. The molecule has 0 saturated heterocycles. The fourth-order valence-corrected chi connectivity index (χ4v) is 3.60. The first-order valence-electron chi connectivity index (χ1n) is 10.0. The van der Waals surface area contributed by atoms with E-state index in [1.54, 1.807) is 36.4 Å². The van der Waals surface area contributed by atoms with Gasteiger partial charge in [-0.1, -0.05) is 78.3 Å². The van der Waals surface area contributed by atoms with Crippen LogP contribution in [0.25, 0.3) is 0 Å². The van der Waals surface area contributed by atoms with E-state index in [0.717, 1.165) is 10.1 Å². The summed E-state index contributed by atoms with van der Waals surface area (Å²) >= 11 is 6.20. The van der Waals surface area contributed by atoms with Crippen molar-refractivity contribution in [1.82, 2.24) is 9.55 Å². The van der Waals surface area contributed by atoms with E-state index in [1.807, 2.05) is 48.5 Å². The lowest BCUT2D eigenvalue weighted by Gasteiger charge is -2.23. The van der Waals surface area contributed by atoms with Crippen LogP contribution in [0.5, 0.6) is 0 Å². The smallest absolute Gasteiger partial charge is 0.313 e. The molecule has 0 aliphatic rings. The second-order valence-corrected chi connectivity index (χ2v) is 7.61. The van der Waals surface area contributed by atoms with Gasteiger partial charge < -0.3 is 9.88 Å². The standard InChI is InChI=1S/C25H20ClN3O3/c26-22-14-8-7-11-19(22)17-29-24(31)21(15-27-25(29)32)23(30)28(20-12-5-2-6-13-20)16-18-9-3-1-4-10-18/h1-15H,16-17H2,(H,27,32). The lowest BCUT2D eigenvalue weighted by Crippen LogP contribution is -2.42. The summed E-state index contributed by atoms with van der Waals surface area (Å²) in [7, 11) is 0. The fraction of sp³-hybridized carbons (Fsp3) is 0.0800. The van der Waals surface area contributed by atoms with Gasteiger partial charge in [-0.2, -0.15) is 0 Å². The zero-order valence-corrected chi connectivity index (χ0v) is 17.8. The second-order valence-electron chi connectivity index (χ2n) is 7.20. The average Bonchev–Trinajstić information content (AvgIpc) is 2.82.